The van der Waals surface area contributed by atoms with E-state index < -0.39 is 0 Å². The first-order valence-electron chi connectivity index (χ1n) is 6.23. The van der Waals surface area contributed by atoms with Crippen LogP contribution in [0.3, 0.4) is 0 Å². The lowest BCUT2D eigenvalue weighted by molar-refractivity contribution is -0.126. The maximum Gasteiger partial charge on any atom is 0.223 e. The minimum atomic E-state index is 0.277. The molecule has 0 saturated heterocycles. The molecule has 0 aliphatic heterocycles. The molecule has 3 rings (SSSR count). The van der Waals surface area contributed by atoms with Gasteiger partial charge in [-0.1, -0.05) is 6.42 Å². The Morgan fingerprint density at radius 1 is 1.47 bits per heavy atom. The Hall–Kier alpha value is -0.350. The molecule has 2 fully saturated rings. The summed E-state index contributed by atoms with van der Waals surface area (Å²) in [4.78, 5) is 12.1. The zero-order valence-corrected chi connectivity index (χ0v) is 12.0. The minimum Gasteiger partial charge on any atom is -0.352 e. The van der Waals surface area contributed by atoms with Crippen molar-refractivity contribution < 1.29 is 4.79 Å². The van der Waals surface area contributed by atoms with Crippen LogP contribution in [-0.2, 0) is 11.3 Å². The molecule has 2 saturated carbocycles. The number of amides is 1. The van der Waals surface area contributed by atoms with Crippen LogP contribution >= 0.6 is 27.3 Å². The number of carbonyl (C=O) groups excluding carboxylic acids is 1. The van der Waals surface area contributed by atoms with Crippen LogP contribution < -0.4 is 5.32 Å². The Bertz CT molecular complexity index is 431. The standard InChI is InChI=1S/C13H16BrNOS/c14-12-5-9(7-17-12)6-15-13(16)11-4-8-1-2-10(11)3-8/h5,7-8,10-11H,1-4,6H2,(H,15,16). The van der Waals surface area contributed by atoms with E-state index in [0.717, 1.165) is 16.1 Å². The molecule has 0 radical (unpaired) electrons. The van der Waals surface area contributed by atoms with E-state index in [1.54, 1.807) is 11.3 Å². The van der Waals surface area contributed by atoms with Crippen LogP contribution in [0.2, 0.25) is 0 Å². The summed E-state index contributed by atoms with van der Waals surface area (Å²) in [6.45, 7) is 0.675. The van der Waals surface area contributed by atoms with Gasteiger partial charge in [-0.25, -0.2) is 0 Å². The number of hydrogen-bond donors (Lipinski definition) is 1. The molecule has 3 unspecified atom stereocenters. The van der Waals surface area contributed by atoms with Crippen LogP contribution in [0.5, 0.6) is 0 Å². The zero-order chi connectivity index (χ0) is 11.8. The Morgan fingerprint density at radius 3 is 2.94 bits per heavy atom. The highest BCUT2D eigenvalue weighted by molar-refractivity contribution is 9.11. The van der Waals surface area contributed by atoms with Crippen LogP contribution in [0.15, 0.2) is 15.2 Å². The first-order chi connectivity index (χ1) is 8.22. The van der Waals surface area contributed by atoms with Crippen molar-refractivity contribution in [1.29, 1.82) is 0 Å². The van der Waals surface area contributed by atoms with Crippen molar-refractivity contribution in [1.82, 2.24) is 5.32 Å². The quantitative estimate of drug-likeness (QED) is 0.908. The Labute approximate surface area is 114 Å². The summed E-state index contributed by atoms with van der Waals surface area (Å²) < 4.78 is 1.13. The molecule has 1 aromatic rings. The van der Waals surface area contributed by atoms with Gasteiger partial charge in [-0.05, 0) is 64.0 Å². The molecule has 0 aromatic carbocycles. The van der Waals surface area contributed by atoms with E-state index in [4.69, 9.17) is 0 Å². The average molecular weight is 314 g/mol. The average Bonchev–Trinajstić information content (AvgIpc) is 3.01. The molecule has 2 aliphatic rings. The molecule has 1 aromatic heterocycles. The molecule has 0 spiro atoms. The fourth-order valence-electron chi connectivity index (χ4n) is 3.32. The first kappa shape index (κ1) is 11.7. The van der Waals surface area contributed by atoms with E-state index in [0.29, 0.717) is 18.4 Å². The third-order valence-electron chi connectivity index (χ3n) is 4.16. The number of hydrogen-bond acceptors (Lipinski definition) is 2. The molecule has 92 valence electrons. The highest BCUT2D eigenvalue weighted by Gasteiger charge is 2.42. The van der Waals surface area contributed by atoms with Crippen molar-refractivity contribution in [2.24, 2.45) is 17.8 Å². The summed E-state index contributed by atoms with van der Waals surface area (Å²) in [5.41, 5.74) is 1.19. The van der Waals surface area contributed by atoms with E-state index >= 15 is 0 Å². The third kappa shape index (κ3) is 2.43. The number of carbonyl (C=O) groups is 1. The van der Waals surface area contributed by atoms with E-state index in [9.17, 15) is 4.79 Å². The number of halogens is 1. The summed E-state index contributed by atoms with van der Waals surface area (Å²) in [7, 11) is 0. The molecular formula is C13H16BrNOS. The highest BCUT2D eigenvalue weighted by atomic mass is 79.9. The van der Waals surface area contributed by atoms with Crippen molar-refractivity contribution in [2.75, 3.05) is 0 Å². The minimum absolute atomic E-state index is 0.277. The maximum absolute atomic E-state index is 12.1. The second kappa shape index (κ2) is 4.73. The van der Waals surface area contributed by atoms with E-state index in [1.807, 2.05) is 0 Å². The molecule has 1 amide bonds. The van der Waals surface area contributed by atoms with Gasteiger partial charge in [0.1, 0.15) is 0 Å². The molecule has 2 bridgehead atoms. The monoisotopic (exact) mass is 313 g/mol. The lowest BCUT2D eigenvalue weighted by Gasteiger charge is -2.20. The van der Waals surface area contributed by atoms with Crippen molar-refractivity contribution in [3.05, 3.63) is 20.8 Å². The van der Waals surface area contributed by atoms with Gasteiger partial charge in [0.25, 0.3) is 0 Å². The predicted molar refractivity (Wildman–Crippen MR) is 72.8 cm³/mol. The van der Waals surface area contributed by atoms with Gasteiger partial charge in [-0.2, -0.15) is 0 Å². The number of thiophene rings is 1. The van der Waals surface area contributed by atoms with Crippen molar-refractivity contribution >= 4 is 33.2 Å². The summed E-state index contributed by atoms with van der Waals surface area (Å²) in [6.07, 6.45) is 5.05. The van der Waals surface area contributed by atoms with Gasteiger partial charge in [0.2, 0.25) is 5.91 Å². The van der Waals surface area contributed by atoms with Gasteiger partial charge < -0.3 is 5.32 Å². The maximum atomic E-state index is 12.1. The SMILES string of the molecule is O=C(NCc1csc(Br)c1)C1CC2CCC1C2. The largest absolute Gasteiger partial charge is 0.352 e. The summed E-state index contributed by atoms with van der Waals surface area (Å²) in [5.74, 6) is 2.09. The molecule has 3 atom stereocenters. The molecule has 1 N–H and O–H groups in total. The van der Waals surface area contributed by atoms with Gasteiger partial charge in [-0.3, -0.25) is 4.79 Å². The Balaban J connectivity index is 1.54. The van der Waals surface area contributed by atoms with Gasteiger partial charge >= 0.3 is 0 Å². The molecule has 2 aliphatic carbocycles. The van der Waals surface area contributed by atoms with Crippen LogP contribution in [0.25, 0.3) is 0 Å². The normalized spacial score (nSPS) is 30.8. The molecular weight excluding hydrogens is 298 g/mol. The summed E-state index contributed by atoms with van der Waals surface area (Å²) >= 11 is 5.10. The lowest BCUT2D eigenvalue weighted by atomic mass is 9.88. The van der Waals surface area contributed by atoms with Crippen molar-refractivity contribution in [3.63, 3.8) is 0 Å². The second-order valence-electron chi connectivity index (χ2n) is 5.26. The van der Waals surface area contributed by atoms with Crippen molar-refractivity contribution in [2.45, 2.75) is 32.2 Å². The summed E-state index contributed by atoms with van der Waals surface area (Å²) in [6, 6.07) is 2.08. The lowest BCUT2D eigenvalue weighted by Crippen LogP contribution is -2.33. The van der Waals surface area contributed by atoms with Gasteiger partial charge in [0, 0.05) is 12.5 Å². The van der Waals surface area contributed by atoms with Gasteiger partial charge in [0.05, 0.1) is 3.79 Å². The summed E-state index contributed by atoms with van der Waals surface area (Å²) in [5, 5.41) is 5.17. The second-order valence-corrected chi connectivity index (χ2v) is 7.55. The number of nitrogens with one attached hydrogen (secondary N) is 1. The van der Waals surface area contributed by atoms with Gasteiger partial charge in [0.15, 0.2) is 0 Å². The first-order valence-corrected chi connectivity index (χ1v) is 7.90. The number of rotatable bonds is 3. The molecule has 17 heavy (non-hydrogen) atoms. The fourth-order valence-corrected chi connectivity index (χ4v) is 4.53. The number of fused-ring (bicyclic) bond motifs is 2. The van der Waals surface area contributed by atoms with E-state index in [2.05, 4.69) is 32.7 Å². The van der Waals surface area contributed by atoms with Crippen LogP contribution in [0.1, 0.15) is 31.2 Å². The fraction of sp³-hybridized carbons (Fsp3) is 0.615. The van der Waals surface area contributed by atoms with Crippen molar-refractivity contribution in [3.8, 4) is 0 Å². The molecule has 2 nitrogen and oxygen atoms in total. The van der Waals surface area contributed by atoms with E-state index in [-0.39, 0.29) is 5.91 Å². The third-order valence-corrected chi connectivity index (χ3v) is 5.72. The predicted octanol–water partition coefficient (Wildman–Crippen LogP) is 3.56. The highest BCUT2D eigenvalue weighted by Crippen LogP contribution is 2.48. The Morgan fingerprint density at radius 2 is 2.35 bits per heavy atom. The van der Waals surface area contributed by atoms with Crippen LogP contribution in [-0.4, -0.2) is 5.91 Å². The molecule has 4 heteroatoms. The molecule has 1 heterocycles. The Kier molecular flexibility index (Phi) is 3.26. The van der Waals surface area contributed by atoms with Crippen LogP contribution in [0, 0.1) is 17.8 Å². The van der Waals surface area contributed by atoms with E-state index in [1.165, 1.54) is 24.8 Å². The van der Waals surface area contributed by atoms with Crippen LogP contribution in [0.4, 0.5) is 0 Å². The smallest absolute Gasteiger partial charge is 0.223 e. The zero-order valence-electron chi connectivity index (χ0n) is 9.62. The van der Waals surface area contributed by atoms with Gasteiger partial charge in [-0.15, -0.1) is 11.3 Å². The topological polar surface area (TPSA) is 29.1 Å².